The fraction of sp³-hybridized carbons (Fsp3) is 0.370. The summed E-state index contributed by atoms with van der Waals surface area (Å²) in [4.78, 5) is 0. The Morgan fingerprint density at radius 2 is 1.37 bits per heavy atom. The molecule has 0 radical (unpaired) electrons. The SMILES string of the molecule is C.C/C(N=Nc1cccc[n+]1CCO)=N\N=c1/ccccn1CCO.CC(=N/N=c1\ccccn1CCO)OCBr.OO. The summed E-state index contributed by atoms with van der Waals surface area (Å²) in [6, 6.07) is 16.6. The number of aromatic nitrogens is 3. The molecule has 3 rings (SSSR count). The predicted octanol–water partition coefficient (Wildman–Crippen LogP) is 2.52. The Kier molecular flexibility index (Phi) is 22.4. The molecule has 0 saturated carbocycles. The number of amidine groups is 1. The Morgan fingerprint density at radius 1 is 0.814 bits per heavy atom. The third kappa shape index (κ3) is 15.8. The Labute approximate surface area is 258 Å². The maximum atomic E-state index is 9.05. The van der Waals surface area contributed by atoms with Crippen LogP contribution in [0.5, 0.6) is 0 Å². The number of hydrogen-bond donors (Lipinski definition) is 5. The molecule has 0 aliphatic rings. The van der Waals surface area contributed by atoms with Crippen LogP contribution in [-0.4, -0.2) is 72.0 Å². The molecule has 5 N–H and O–H groups in total. The lowest BCUT2D eigenvalue weighted by molar-refractivity contribution is -0.685. The number of aliphatic hydroxyl groups is 3. The van der Waals surface area contributed by atoms with Gasteiger partial charge in [0.05, 0.1) is 31.1 Å². The number of ether oxygens (including phenoxy) is 1. The lowest BCUT2D eigenvalue weighted by Gasteiger charge is -2.03. The van der Waals surface area contributed by atoms with Gasteiger partial charge in [0.2, 0.25) is 5.90 Å². The molecule has 0 aliphatic carbocycles. The molecule has 0 spiro atoms. The second-order valence-electron chi connectivity index (χ2n) is 7.85. The van der Waals surface area contributed by atoms with E-state index in [2.05, 4.69) is 46.6 Å². The molecule has 3 heterocycles. The number of azo groups is 1. The van der Waals surface area contributed by atoms with Crippen molar-refractivity contribution in [3.05, 3.63) is 84.2 Å². The molecule has 0 aliphatic heterocycles. The van der Waals surface area contributed by atoms with Gasteiger partial charge in [-0.15, -0.1) is 20.4 Å². The van der Waals surface area contributed by atoms with E-state index < -0.39 is 0 Å². The van der Waals surface area contributed by atoms with Crippen molar-refractivity contribution in [2.45, 2.75) is 40.9 Å². The average Bonchev–Trinajstić information content (AvgIpc) is 3.02. The third-order valence-electron chi connectivity index (χ3n) is 4.92. The highest BCUT2D eigenvalue weighted by Gasteiger charge is 2.07. The first-order chi connectivity index (χ1) is 20.5. The zero-order valence-corrected chi connectivity index (χ0v) is 25.0. The fourth-order valence-corrected chi connectivity index (χ4v) is 3.39. The molecular formula is C27H41BrN9O6+. The van der Waals surface area contributed by atoms with E-state index in [1.807, 2.05) is 65.6 Å². The molecule has 43 heavy (non-hydrogen) atoms. The first kappa shape index (κ1) is 39.1. The highest BCUT2D eigenvalue weighted by atomic mass is 79.9. The van der Waals surface area contributed by atoms with E-state index >= 15 is 0 Å². The summed E-state index contributed by atoms with van der Waals surface area (Å²) in [5, 5.41) is 63.3. The van der Waals surface area contributed by atoms with Crippen molar-refractivity contribution in [2.75, 3.05) is 25.3 Å². The zero-order chi connectivity index (χ0) is 31.0. The smallest absolute Gasteiger partial charge is 0.350 e. The van der Waals surface area contributed by atoms with E-state index in [9.17, 15) is 0 Å². The van der Waals surface area contributed by atoms with Crippen LogP contribution in [0, 0.1) is 0 Å². The Balaban J connectivity index is 0.000000812. The maximum Gasteiger partial charge on any atom is 0.350 e. The van der Waals surface area contributed by atoms with Crippen LogP contribution < -0.4 is 15.5 Å². The molecule has 236 valence electrons. The fourth-order valence-electron chi connectivity index (χ4n) is 3.06. The molecular weight excluding hydrogens is 626 g/mol. The molecule has 16 heteroatoms. The highest BCUT2D eigenvalue weighted by molar-refractivity contribution is 9.09. The topological polar surface area (TPSA) is 198 Å². The minimum Gasteiger partial charge on any atom is -0.468 e. The Morgan fingerprint density at radius 3 is 1.91 bits per heavy atom. The van der Waals surface area contributed by atoms with E-state index in [4.69, 9.17) is 30.6 Å². The van der Waals surface area contributed by atoms with Gasteiger partial charge in [0.25, 0.3) is 0 Å². The molecule has 0 amide bonds. The minimum absolute atomic E-state index is 0. The van der Waals surface area contributed by atoms with E-state index in [-0.39, 0.29) is 27.2 Å². The number of alkyl halides is 1. The Hall–Kier alpha value is -3.93. The number of rotatable bonds is 10. The largest absolute Gasteiger partial charge is 0.468 e. The van der Waals surface area contributed by atoms with Gasteiger partial charge >= 0.3 is 5.82 Å². The van der Waals surface area contributed by atoms with Crippen LogP contribution in [0.25, 0.3) is 0 Å². The molecule has 0 saturated heterocycles. The van der Waals surface area contributed by atoms with Crippen LogP contribution >= 0.6 is 15.9 Å². The van der Waals surface area contributed by atoms with Crippen LogP contribution in [0.2, 0.25) is 0 Å². The predicted molar refractivity (Wildman–Crippen MR) is 165 cm³/mol. The van der Waals surface area contributed by atoms with Gasteiger partial charge in [0.15, 0.2) is 16.8 Å². The second-order valence-corrected chi connectivity index (χ2v) is 8.31. The summed E-state index contributed by atoms with van der Waals surface area (Å²) in [6.45, 7) is 4.93. The Bertz CT molecular complexity index is 1410. The first-order valence-corrected chi connectivity index (χ1v) is 13.7. The summed E-state index contributed by atoms with van der Waals surface area (Å²) in [5.74, 6) is 1.50. The number of aliphatic hydroxyl groups excluding tert-OH is 3. The monoisotopic (exact) mass is 666 g/mol. The van der Waals surface area contributed by atoms with Gasteiger partial charge in [0, 0.05) is 45.4 Å². The van der Waals surface area contributed by atoms with Crippen molar-refractivity contribution >= 4 is 33.5 Å². The van der Waals surface area contributed by atoms with Crippen LogP contribution in [0.15, 0.2) is 104 Å². The summed E-state index contributed by atoms with van der Waals surface area (Å²) < 4.78 is 10.5. The molecule has 15 nitrogen and oxygen atoms in total. The lowest BCUT2D eigenvalue weighted by Crippen LogP contribution is -2.35. The minimum atomic E-state index is 0. The zero-order valence-electron chi connectivity index (χ0n) is 23.4. The van der Waals surface area contributed by atoms with Crippen LogP contribution in [0.4, 0.5) is 5.82 Å². The van der Waals surface area contributed by atoms with Crippen molar-refractivity contribution in [1.29, 1.82) is 0 Å². The molecule has 3 aromatic rings. The van der Waals surface area contributed by atoms with Gasteiger partial charge in [-0.05, 0) is 51.4 Å². The molecule has 3 aromatic heterocycles. The average molecular weight is 668 g/mol. The highest BCUT2D eigenvalue weighted by Crippen LogP contribution is 2.04. The van der Waals surface area contributed by atoms with Gasteiger partial charge in [-0.1, -0.05) is 25.6 Å². The van der Waals surface area contributed by atoms with Crippen molar-refractivity contribution in [3.8, 4) is 0 Å². The van der Waals surface area contributed by atoms with Gasteiger partial charge in [-0.3, -0.25) is 10.5 Å². The van der Waals surface area contributed by atoms with E-state index in [0.29, 0.717) is 53.7 Å². The molecule has 0 fully saturated rings. The number of halogens is 1. The standard InChI is InChI=1S/C16H21N6O2.C10H14BrN3O2.CH4.H2O2/c1-14(17-19-15-6-2-4-8-21(15)10-12-23)18-20-16-7-3-5-9-22(16)11-13-24;1-9(16-8-11)12-13-10-4-2-3-5-14(10)6-7-15;;1-2/h2-9,23-24H,10-13H2,1H3;2-5,15H,6-8H2,1H3;1H4;1-2H/q+1;;;/b;12-9?,13-10+;;. The van der Waals surface area contributed by atoms with Gasteiger partial charge in [-0.25, -0.2) is 4.57 Å². The van der Waals surface area contributed by atoms with Crippen molar-refractivity contribution in [3.63, 3.8) is 0 Å². The molecule has 0 bridgehead atoms. The summed E-state index contributed by atoms with van der Waals surface area (Å²) in [6.07, 6.45) is 5.48. The van der Waals surface area contributed by atoms with Crippen LogP contribution in [-0.2, 0) is 24.4 Å². The first-order valence-electron chi connectivity index (χ1n) is 12.6. The van der Waals surface area contributed by atoms with Gasteiger partial charge in [0.1, 0.15) is 12.1 Å². The number of hydrogen-bond acceptors (Lipinski definition) is 11. The maximum absolute atomic E-state index is 9.05. The summed E-state index contributed by atoms with van der Waals surface area (Å²) in [7, 11) is 0. The second kappa shape index (κ2) is 24.6. The van der Waals surface area contributed by atoms with E-state index in [1.165, 1.54) is 0 Å². The third-order valence-corrected chi connectivity index (χ3v) is 5.15. The van der Waals surface area contributed by atoms with E-state index in [0.717, 1.165) is 0 Å². The summed E-state index contributed by atoms with van der Waals surface area (Å²) >= 11 is 3.13. The summed E-state index contributed by atoms with van der Waals surface area (Å²) in [5.41, 5.74) is 1.69. The molecule has 0 unspecified atom stereocenters. The number of pyridine rings is 3. The van der Waals surface area contributed by atoms with Crippen molar-refractivity contribution < 1.29 is 35.1 Å². The van der Waals surface area contributed by atoms with Crippen LogP contribution in [0.3, 0.4) is 0 Å². The van der Waals surface area contributed by atoms with Crippen molar-refractivity contribution in [2.24, 2.45) is 30.6 Å². The van der Waals surface area contributed by atoms with Gasteiger partial charge < -0.3 is 29.2 Å². The van der Waals surface area contributed by atoms with E-state index in [1.54, 1.807) is 35.1 Å². The number of nitrogens with zero attached hydrogens (tertiary/aromatic N) is 9. The van der Waals surface area contributed by atoms with Gasteiger partial charge in [-0.2, -0.15) is 0 Å². The quantitative estimate of drug-likeness (QED) is 0.0419. The molecule has 0 aromatic carbocycles. The van der Waals surface area contributed by atoms with Crippen LogP contribution in [0.1, 0.15) is 21.3 Å². The van der Waals surface area contributed by atoms with Crippen molar-refractivity contribution in [1.82, 2.24) is 9.13 Å². The normalized spacial score (nSPS) is 12.2. The molecule has 0 atom stereocenters. The lowest BCUT2D eigenvalue weighted by atomic mass is 10.4.